The Morgan fingerprint density at radius 1 is 1.28 bits per heavy atom. The first-order chi connectivity index (χ1) is 8.52. The minimum atomic E-state index is -0.280. The first kappa shape index (κ1) is 14.3. The molecule has 0 radical (unpaired) electrons. The second-order valence-corrected chi connectivity index (χ2v) is 4.72. The van der Waals surface area contributed by atoms with Gasteiger partial charge in [0.15, 0.2) is 0 Å². The van der Waals surface area contributed by atoms with Crippen LogP contribution in [0, 0.1) is 5.92 Å². The number of pyridine rings is 1. The Balaban J connectivity index is 2.52. The molecule has 0 saturated carbocycles. The van der Waals surface area contributed by atoms with Crippen molar-refractivity contribution in [2.75, 3.05) is 24.2 Å². The van der Waals surface area contributed by atoms with E-state index in [0.29, 0.717) is 12.5 Å². The van der Waals surface area contributed by atoms with E-state index in [0.717, 1.165) is 11.4 Å². The number of aromatic nitrogens is 1. The van der Waals surface area contributed by atoms with Gasteiger partial charge in [-0.2, -0.15) is 0 Å². The van der Waals surface area contributed by atoms with Gasteiger partial charge in [-0.3, -0.25) is 9.78 Å². The third-order valence-corrected chi connectivity index (χ3v) is 2.49. The highest BCUT2D eigenvalue weighted by Gasteiger charge is 2.12. The van der Waals surface area contributed by atoms with Crippen molar-refractivity contribution < 1.29 is 4.79 Å². The summed E-state index contributed by atoms with van der Waals surface area (Å²) in [5, 5.41) is 9.03. The van der Waals surface area contributed by atoms with E-state index in [9.17, 15) is 4.79 Å². The van der Waals surface area contributed by atoms with E-state index in [1.54, 1.807) is 12.4 Å². The molecule has 5 nitrogen and oxygen atoms in total. The van der Waals surface area contributed by atoms with Crippen molar-refractivity contribution in [2.45, 2.75) is 26.8 Å². The zero-order valence-corrected chi connectivity index (χ0v) is 11.4. The van der Waals surface area contributed by atoms with Crippen LogP contribution in [-0.2, 0) is 4.79 Å². The van der Waals surface area contributed by atoms with E-state index < -0.39 is 0 Å². The fourth-order valence-electron chi connectivity index (χ4n) is 1.43. The Labute approximate surface area is 108 Å². The lowest BCUT2D eigenvalue weighted by atomic mass is 10.2. The lowest BCUT2D eigenvalue weighted by molar-refractivity contribution is -0.121. The summed E-state index contributed by atoms with van der Waals surface area (Å²) in [6.07, 6.45) is 3.43. The molecular formula is C13H22N4O. The lowest BCUT2D eigenvalue weighted by Gasteiger charge is -2.16. The summed E-state index contributed by atoms with van der Waals surface area (Å²) < 4.78 is 0. The molecule has 100 valence electrons. The van der Waals surface area contributed by atoms with E-state index in [-0.39, 0.29) is 11.9 Å². The van der Waals surface area contributed by atoms with Crippen molar-refractivity contribution in [1.29, 1.82) is 0 Å². The molecule has 0 spiro atoms. The number of hydrogen-bond acceptors (Lipinski definition) is 4. The number of carbonyl (C=O) groups excluding carboxylic acids is 1. The number of amides is 1. The molecule has 0 fully saturated rings. The third kappa shape index (κ3) is 4.61. The van der Waals surface area contributed by atoms with Crippen molar-refractivity contribution in [2.24, 2.45) is 5.92 Å². The molecule has 0 saturated heterocycles. The SMILES string of the molecule is CNc1cncc(NC(C)C(=O)NCC(C)C)c1. The van der Waals surface area contributed by atoms with Crippen LogP contribution in [0.15, 0.2) is 18.5 Å². The summed E-state index contributed by atoms with van der Waals surface area (Å²) >= 11 is 0. The Morgan fingerprint density at radius 2 is 1.94 bits per heavy atom. The van der Waals surface area contributed by atoms with E-state index in [4.69, 9.17) is 0 Å². The lowest BCUT2D eigenvalue weighted by Crippen LogP contribution is -2.39. The number of nitrogens with zero attached hydrogens (tertiary/aromatic N) is 1. The van der Waals surface area contributed by atoms with Crippen molar-refractivity contribution in [3.63, 3.8) is 0 Å². The second-order valence-electron chi connectivity index (χ2n) is 4.72. The molecule has 1 aromatic rings. The summed E-state index contributed by atoms with van der Waals surface area (Å²) in [4.78, 5) is 15.9. The van der Waals surface area contributed by atoms with Crippen molar-refractivity contribution in [1.82, 2.24) is 10.3 Å². The summed E-state index contributed by atoms with van der Waals surface area (Å²) in [7, 11) is 1.83. The van der Waals surface area contributed by atoms with Gasteiger partial charge in [0.2, 0.25) is 5.91 Å². The quantitative estimate of drug-likeness (QED) is 0.719. The summed E-state index contributed by atoms with van der Waals surface area (Å²) in [6.45, 7) is 6.67. The number of anilines is 2. The van der Waals surface area contributed by atoms with Gasteiger partial charge in [0.05, 0.1) is 23.8 Å². The van der Waals surface area contributed by atoms with Gasteiger partial charge in [-0.05, 0) is 18.9 Å². The topological polar surface area (TPSA) is 66.0 Å². The highest BCUT2D eigenvalue weighted by Crippen LogP contribution is 2.13. The second kappa shape index (κ2) is 6.83. The molecule has 18 heavy (non-hydrogen) atoms. The molecule has 0 aliphatic carbocycles. The normalized spacial score (nSPS) is 12.1. The molecule has 1 unspecified atom stereocenters. The van der Waals surface area contributed by atoms with E-state index in [1.165, 1.54) is 0 Å². The predicted octanol–water partition coefficient (Wildman–Crippen LogP) is 1.70. The first-order valence-corrected chi connectivity index (χ1v) is 6.20. The van der Waals surface area contributed by atoms with Crippen LogP contribution in [-0.4, -0.2) is 30.5 Å². The van der Waals surface area contributed by atoms with Crippen LogP contribution in [0.5, 0.6) is 0 Å². The smallest absolute Gasteiger partial charge is 0.242 e. The van der Waals surface area contributed by atoms with Crippen LogP contribution < -0.4 is 16.0 Å². The average molecular weight is 250 g/mol. The Hall–Kier alpha value is -1.78. The molecule has 1 rings (SSSR count). The Kier molecular flexibility index (Phi) is 5.42. The number of nitrogens with one attached hydrogen (secondary N) is 3. The van der Waals surface area contributed by atoms with Crippen molar-refractivity contribution in [3.8, 4) is 0 Å². The van der Waals surface area contributed by atoms with E-state index in [2.05, 4.69) is 34.8 Å². The monoisotopic (exact) mass is 250 g/mol. The molecule has 3 N–H and O–H groups in total. The van der Waals surface area contributed by atoms with Gasteiger partial charge in [-0.1, -0.05) is 13.8 Å². The minimum absolute atomic E-state index is 0.00133. The van der Waals surface area contributed by atoms with Crippen LogP contribution in [0.3, 0.4) is 0 Å². The van der Waals surface area contributed by atoms with Crippen molar-refractivity contribution >= 4 is 17.3 Å². The fraction of sp³-hybridized carbons (Fsp3) is 0.538. The van der Waals surface area contributed by atoms with Crippen LogP contribution in [0.4, 0.5) is 11.4 Å². The third-order valence-electron chi connectivity index (χ3n) is 2.49. The molecule has 1 amide bonds. The molecule has 0 aliphatic heterocycles. The maximum Gasteiger partial charge on any atom is 0.242 e. The number of rotatable bonds is 6. The average Bonchev–Trinajstić information content (AvgIpc) is 2.36. The summed E-state index contributed by atoms with van der Waals surface area (Å²) in [5.41, 5.74) is 1.74. The molecule has 0 aliphatic rings. The van der Waals surface area contributed by atoms with Crippen LogP contribution in [0.25, 0.3) is 0 Å². The Bertz CT molecular complexity index is 392. The molecule has 5 heteroatoms. The molecule has 1 aromatic heterocycles. The highest BCUT2D eigenvalue weighted by atomic mass is 16.2. The van der Waals surface area contributed by atoms with Crippen molar-refractivity contribution in [3.05, 3.63) is 18.5 Å². The number of hydrogen-bond donors (Lipinski definition) is 3. The van der Waals surface area contributed by atoms with Gasteiger partial charge >= 0.3 is 0 Å². The zero-order chi connectivity index (χ0) is 13.5. The highest BCUT2D eigenvalue weighted by molar-refractivity contribution is 5.84. The standard InChI is InChI=1S/C13H22N4O/c1-9(2)6-16-13(18)10(3)17-12-5-11(14-4)7-15-8-12/h5,7-10,14,17H,6H2,1-4H3,(H,16,18). The van der Waals surface area contributed by atoms with E-state index in [1.807, 2.05) is 20.0 Å². The number of carbonyl (C=O) groups is 1. The van der Waals surface area contributed by atoms with Gasteiger partial charge in [0.1, 0.15) is 6.04 Å². The van der Waals surface area contributed by atoms with Crippen LogP contribution >= 0.6 is 0 Å². The van der Waals surface area contributed by atoms with Gasteiger partial charge in [0, 0.05) is 13.6 Å². The van der Waals surface area contributed by atoms with E-state index >= 15 is 0 Å². The molecule has 1 atom stereocenters. The fourth-order valence-corrected chi connectivity index (χ4v) is 1.43. The van der Waals surface area contributed by atoms with Gasteiger partial charge in [0.25, 0.3) is 0 Å². The molecule has 0 bridgehead atoms. The summed E-state index contributed by atoms with van der Waals surface area (Å²) in [5.74, 6) is 0.453. The van der Waals surface area contributed by atoms with Crippen LogP contribution in [0.2, 0.25) is 0 Å². The van der Waals surface area contributed by atoms with Gasteiger partial charge in [-0.15, -0.1) is 0 Å². The first-order valence-electron chi connectivity index (χ1n) is 6.20. The summed E-state index contributed by atoms with van der Waals surface area (Å²) in [6, 6.07) is 1.64. The van der Waals surface area contributed by atoms with Gasteiger partial charge in [-0.25, -0.2) is 0 Å². The van der Waals surface area contributed by atoms with Gasteiger partial charge < -0.3 is 16.0 Å². The minimum Gasteiger partial charge on any atom is -0.387 e. The zero-order valence-electron chi connectivity index (χ0n) is 11.4. The van der Waals surface area contributed by atoms with Crippen LogP contribution in [0.1, 0.15) is 20.8 Å². The molecular weight excluding hydrogens is 228 g/mol. The maximum absolute atomic E-state index is 11.8. The molecule has 0 aromatic carbocycles. The predicted molar refractivity (Wildman–Crippen MR) is 74.7 cm³/mol. The largest absolute Gasteiger partial charge is 0.387 e. The molecule has 1 heterocycles. The Morgan fingerprint density at radius 3 is 2.56 bits per heavy atom. The maximum atomic E-state index is 11.8.